The summed E-state index contributed by atoms with van der Waals surface area (Å²) in [7, 11) is 0. The minimum atomic E-state index is -4.91. The monoisotopic (exact) mass is 245 g/mol. The van der Waals surface area contributed by atoms with Crippen LogP contribution in [0.3, 0.4) is 0 Å². The third kappa shape index (κ3) is 5.01. The molecule has 0 fully saturated rings. The molecular weight excluding hydrogens is 235 g/mol. The molecule has 0 rings (SSSR count). The first-order chi connectivity index (χ1) is 6.82. The van der Waals surface area contributed by atoms with Crippen LogP contribution >= 0.6 is 11.6 Å². The van der Waals surface area contributed by atoms with Crippen LogP contribution < -0.4 is 5.32 Å². The summed E-state index contributed by atoms with van der Waals surface area (Å²) >= 11 is 5.25. The molecule has 1 amide bonds. The van der Waals surface area contributed by atoms with Crippen molar-refractivity contribution in [3.8, 4) is 0 Å². The highest BCUT2D eigenvalue weighted by Gasteiger charge is 2.38. The molecule has 0 aromatic carbocycles. The Morgan fingerprint density at radius 3 is 2.27 bits per heavy atom. The van der Waals surface area contributed by atoms with Gasteiger partial charge in [0.2, 0.25) is 0 Å². The number of ketones is 1. The first-order valence-electron chi connectivity index (χ1n) is 4.26. The van der Waals surface area contributed by atoms with Crippen molar-refractivity contribution in [2.45, 2.75) is 19.5 Å². The van der Waals surface area contributed by atoms with Gasteiger partial charge in [-0.3, -0.25) is 9.59 Å². The minimum Gasteiger partial charge on any atom is -0.348 e. The summed E-state index contributed by atoms with van der Waals surface area (Å²) in [6.07, 6.45) is -4.58. The molecule has 3 nitrogen and oxygen atoms in total. The van der Waals surface area contributed by atoms with Gasteiger partial charge < -0.3 is 5.32 Å². The van der Waals surface area contributed by atoms with Gasteiger partial charge in [0, 0.05) is 12.5 Å². The molecule has 15 heavy (non-hydrogen) atoms. The number of amides is 1. The van der Waals surface area contributed by atoms with Crippen LogP contribution in [0.4, 0.5) is 13.2 Å². The second-order valence-electron chi connectivity index (χ2n) is 2.91. The fourth-order valence-corrected chi connectivity index (χ4v) is 1.13. The van der Waals surface area contributed by atoms with E-state index in [0.29, 0.717) is 6.42 Å². The first kappa shape index (κ1) is 14.2. The van der Waals surface area contributed by atoms with Crippen molar-refractivity contribution in [1.82, 2.24) is 5.32 Å². The van der Waals surface area contributed by atoms with Crippen LogP contribution in [-0.2, 0) is 9.59 Å². The quantitative estimate of drug-likeness (QED) is 0.746. The molecule has 1 unspecified atom stereocenters. The van der Waals surface area contributed by atoms with E-state index in [1.165, 1.54) is 0 Å². The Kier molecular flexibility index (Phi) is 5.64. The second kappa shape index (κ2) is 5.95. The molecule has 0 saturated carbocycles. The van der Waals surface area contributed by atoms with Gasteiger partial charge in [-0.25, -0.2) is 0 Å². The van der Waals surface area contributed by atoms with Crippen LogP contribution in [0.2, 0.25) is 0 Å². The van der Waals surface area contributed by atoms with Gasteiger partial charge in [-0.15, -0.1) is 11.6 Å². The Labute approximate surface area is 90.0 Å². The summed E-state index contributed by atoms with van der Waals surface area (Å²) in [5.41, 5.74) is 0. The maximum atomic E-state index is 11.8. The number of carbonyl (C=O) groups is 2. The fraction of sp³-hybridized carbons (Fsp3) is 0.750. The maximum Gasteiger partial charge on any atom is 0.471 e. The molecule has 0 aliphatic rings. The Hall–Kier alpha value is -0.780. The molecule has 0 aromatic heterocycles. The number of halogens is 4. The average Bonchev–Trinajstić information content (AvgIpc) is 2.16. The highest BCUT2D eigenvalue weighted by molar-refractivity contribution is 6.27. The lowest BCUT2D eigenvalue weighted by Crippen LogP contribution is -2.41. The van der Waals surface area contributed by atoms with Gasteiger partial charge in [0.15, 0.2) is 5.78 Å². The number of nitrogens with one attached hydrogen (secondary N) is 1. The molecular formula is C8H11ClF3NO2. The standard InChI is InChI=1S/C8H11ClF3NO2/c1-2-5(6(14)3-9)4-13-7(15)8(10,11)12/h5H,2-4H2,1H3,(H,13,15). The van der Waals surface area contributed by atoms with Crippen LogP contribution in [0.5, 0.6) is 0 Å². The summed E-state index contributed by atoms with van der Waals surface area (Å²) < 4.78 is 35.3. The molecule has 1 atom stereocenters. The summed E-state index contributed by atoms with van der Waals surface area (Å²) in [5.74, 6) is -3.33. The minimum absolute atomic E-state index is 0.263. The topological polar surface area (TPSA) is 46.2 Å². The Morgan fingerprint density at radius 1 is 1.40 bits per heavy atom. The van der Waals surface area contributed by atoms with E-state index in [1.54, 1.807) is 12.2 Å². The van der Waals surface area contributed by atoms with Gasteiger partial charge in [0.25, 0.3) is 0 Å². The lowest BCUT2D eigenvalue weighted by Gasteiger charge is -2.14. The van der Waals surface area contributed by atoms with E-state index in [9.17, 15) is 22.8 Å². The third-order valence-corrected chi connectivity index (χ3v) is 2.11. The Balaban J connectivity index is 4.13. The number of alkyl halides is 4. The van der Waals surface area contributed by atoms with Crippen molar-refractivity contribution >= 4 is 23.3 Å². The first-order valence-corrected chi connectivity index (χ1v) is 4.80. The second-order valence-corrected chi connectivity index (χ2v) is 3.18. The van der Waals surface area contributed by atoms with E-state index in [0.717, 1.165) is 0 Å². The largest absolute Gasteiger partial charge is 0.471 e. The van der Waals surface area contributed by atoms with Crippen molar-refractivity contribution in [2.75, 3.05) is 12.4 Å². The van der Waals surface area contributed by atoms with Crippen LogP contribution in [0.1, 0.15) is 13.3 Å². The predicted molar refractivity (Wildman–Crippen MR) is 48.6 cm³/mol. The van der Waals surface area contributed by atoms with Crippen molar-refractivity contribution in [3.05, 3.63) is 0 Å². The molecule has 0 aliphatic carbocycles. The Morgan fingerprint density at radius 2 is 1.93 bits per heavy atom. The number of Topliss-reactive ketones (excluding diaryl/α,β-unsaturated/α-hetero) is 1. The van der Waals surface area contributed by atoms with Gasteiger partial charge in [-0.1, -0.05) is 6.92 Å². The fourth-order valence-electron chi connectivity index (χ4n) is 0.911. The van der Waals surface area contributed by atoms with E-state index in [2.05, 4.69) is 0 Å². The number of hydrogen-bond acceptors (Lipinski definition) is 2. The van der Waals surface area contributed by atoms with Crippen molar-refractivity contribution in [3.63, 3.8) is 0 Å². The molecule has 0 bridgehead atoms. The summed E-state index contributed by atoms with van der Waals surface area (Å²) in [6, 6.07) is 0. The normalized spacial score (nSPS) is 13.4. The van der Waals surface area contributed by atoms with Crippen LogP contribution in [-0.4, -0.2) is 30.3 Å². The van der Waals surface area contributed by atoms with Gasteiger partial charge >= 0.3 is 12.1 Å². The van der Waals surface area contributed by atoms with Crippen LogP contribution in [0.25, 0.3) is 0 Å². The number of carbonyl (C=O) groups excluding carboxylic acids is 2. The average molecular weight is 246 g/mol. The zero-order valence-electron chi connectivity index (χ0n) is 8.03. The van der Waals surface area contributed by atoms with E-state index in [1.807, 2.05) is 0 Å². The van der Waals surface area contributed by atoms with Crippen molar-refractivity contribution < 1.29 is 22.8 Å². The molecule has 0 spiro atoms. The number of rotatable bonds is 5. The number of hydrogen-bond donors (Lipinski definition) is 1. The van der Waals surface area contributed by atoms with Gasteiger partial charge in [0.1, 0.15) is 0 Å². The molecule has 0 aromatic rings. The summed E-state index contributed by atoms with van der Waals surface area (Å²) in [6.45, 7) is 1.30. The van der Waals surface area contributed by atoms with E-state index < -0.39 is 18.0 Å². The van der Waals surface area contributed by atoms with Crippen LogP contribution in [0.15, 0.2) is 0 Å². The van der Waals surface area contributed by atoms with Crippen molar-refractivity contribution in [1.29, 1.82) is 0 Å². The third-order valence-electron chi connectivity index (χ3n) is 1.85. The summed E-state index contributed by atoms with van der Waals surface area (Å²) in [5, 5.41) is 1.65. The maximum absolute atomic E-state index is 11.8. The lowest BCUT2D eigenvalue weighted by molar-refractivity contribution is -0.173. The SMILES string of the molecule is CCC(CNC(=O)C(F)(F)F)C(=O)CCl. The van der Waals surface area contributed by atoms with Gasteiger partial charge in [-0.05, 0) is 6.42 Å². The summed E-state index contributed by atoms with van der Waals surface area (Å²) in [4.78, 5) is 21.5. The molecule has 0 saturated heterocycles. The molecule has 0 radical (unpaired) electrons. The Bertz CT molecular complexity index is 243. The zero-order valence-corrected chi connectivity index (χ0v) is 8.78. The molecule has 7 heteroatoms. The smallest absolute Gasteiger partial charge is 0.348 e. The van der Waals surface area contributed by atoms with E-state index in [4.69, 9.17) is 11.6 Å². The van der Waals surface area contributed by atoms with Crippen LogP contribution in [0, 0.1) is 5.92 Å². The molecule has 0 aliphatic heterocycles. The highest BCUT2D eigenvalue weighted by atomic mass is 35.5. The lowest BCUT2D eigenvalue weighted by atomic mass is 10.0. The molecule has 1 N–H and O–H groups in total. The molecule has 0 heterocycles. The molecule has 88 valence electrons. The van der Waals surface area contributed by atoms with E-state index in [-0.39, 0.29) is 18.2 Å². The van der Waals surface area contributed by atoms with E-state index >= 15 is 0 Å². The van der Waals surface area contributed by atoms with Crippen molar-refractivity contribution in [2.24, 2.45) is 5.92 Å². The zero-order chi connectivity index (χ0) is 12.1. The van der Waals surface area contributed by atoms with Gasteiger partial charge in [0.05, 0.1) is 5.88 Å². The highest BCUT2D eigenvalue weighted by Crippen LogP contribution is 2.14. The van der Waals surface area contributed by atoms with Gasteiger partial charge in [-0.2, -0.15) is 13.2 Å². The predicted octanol–water partition coefficient (Wildman–Crippen LogP) is 1.50.